The van der Waals surface area contributed by atoms with Gasteiger partial charge in [0.2, 0.25) is 11.7 Å². The Morgan fingerprint density at radius 3 is 2.42 bits per heavy atom. The van der Waals surface area contributed by atoms with Gasteiger partial charge >= 0.3 is 5.69 Å². The molecule has 0 saturated heterocycles. The van der Waals surface area contributed by atoms with Gasteiger partial charge in [0.25, 0.3) is 11.5 Å². The SMILES string of the molecule is CCn1c2c(C(=O)Nc3cccc(C(N)=O)c3)nc(C)cc2c(=O)n1-c1ccc(-n2c(C#N)nn(C)c2=O)cc1. The second-order valence-corrected chi connectivity index (χ2v) is 8.93. The average Bonchev–Trinajstić information content (AvgIpc) is 3.40. The zero-order valence-corrected chi connectivity index (χ0v) is 21.7. The van der Waals surface area contributed by atoms with E-state index in [2.05, 4.69) is 15.4 Å². The molecule has 3 aromatic heterocycles. The number of hydrogen-bond acceptors (Lipinski definition) is 7. The molecule has 0 saturated carbocycles. The van der Waals surface area contributed by atoms with E-state index in [0.717, 1.165) is 4.68 Å². The third-order valence-electron chi connectivity index (χ3n) is 6.34. The van der Waals surface area contributed by atoms with Crippen molar-refractivity contribution in [3.8, 4) is 17.4 Å². The smallest absolute Gasteiger partial charge is 0.351 e. The van der Waals surface area contributed by atoms with E-state index in [1.807, 2.05) is 13.0 Å². The van der Waals surface area contributed by atoms with Gasteiger partial charge in [-0.1, -0.05) is 6.07 Å². The minimum absolute atomic E-state index is 0.0365. The molecule has 0 aliphatic carbocycles. The maximum absolute atomic E-state index is 13.6. The molecule has 0 fully saturated rings. The summed E-state index contributed by atoms with van der Waals surface area (Å²) in [6.45, 7) is 3.84. The first kappa shape index (κ1) is 25.9. The second kappa shape index (κ2) is 9.84. The van der Waals surface area contributed by atoms with Crippen molar-refractivity contribution in [3.05, 3.63) is 98.2 Å². The maximum Gasteiger partial charge on any atom is 0.351 e. The number of aromatic nitrogens is 6. The fourth-order valence-electron chi connectivity index (χ4n) is 4.58. The predicted octanol–water partition coefficient (Wildman–Crippen LogP) is 1.62. The first-order valence-electron chi connectivity index (χ1n) is 12.2. The molecule has 40 heavy (non-hydrogen) atoms. The first-order chi connectivity index (χ1) is 19.1. The molecular formula is C27H23N9O4. The number of carbonyl (C=O) groups is 2. The van der Waals surface area contributed by atoms with Crippen molar-refractivity contribution in [1.82, 2.24) is 28.7 Å². The van der Waals surface area contributed by atoms with E-state index in [-0.39, 0.29) is 22.6 Å². The normalized spacial score (nSPS) is 10.9. The van der Waals surface area contributed by atoms with Crippen molar-refractivity contribution >= 4 is 28.4 Å². The van der Waals surface area contributed by atoms with Crippen LogP contribution >= 0.6 is 0 Å². The molecule has 5 aromatic rings. The summed E-state index contributed by atoms with van der Waals surface area (Å²) in [5.74, 6) is -1.27. The molecule has 2 aromatic carbocycles. The first-order valence-corrected chi connectivity index (χ1v) is 12.2. The number of anilines is 1. The van der Waals surface area contributed by atoms with Gasteiger partial charge in [-0.25, -0.2) is 23.7 Å². The molecule has 2 amide bonds. The van der Waals surface area contributed by atoms with Gasteiger partial charge in [-0.2, -0.15) is 5.26 Å². The average molecular weight is 538 g/mol. The number of aryl methyl sites for hydroxylation is 3. The molecule has 0 bridgehead atoms. The van der Waals surface area contributed by atoms with E-state index in [9.17, 15) is 24.4 Å². The van der Waals surface area contributed by atoms with Gasteiger partial charge in [-0.05, 0) is 62.4 Å². The Balaban J connectivity index is 1.62. The Labute approximate surface area is 226 Å². The summed E-state index contributed by atoms with van der Waals surface area (Å²) in [6.07, 6.45) is 0. The number of nitrogens with two attached hydrogens (primary N) is 1. The Kier molecular flexibility index (Phi) is 6.36. The minimum atomic E-state index is -0.632. The quantitative estimate of drug-likeness (QED) is 0.331. The summed E-state index contributed by atoms with van der Waals surface area (Å²) in [5, 5.41) is 16.3. The van der Waals surface area contributed by atoms with E-state index in [1.165, 1.54) is 28.4 Å². The number of nitriles is 1. The van der Waals surface area contributed by atoms with Crippen LogP contribution in [0.25, 0.3) is 22.3 Å². The number of nitrogens with one attached hydrogen (secondary N) is 1. The number of amides is 2. The molecule has 0 aliphatic heterocycles. The third-order valence-corrected chi connectivity index (χ3v) is 6.34. The number of hydrogen-bond donors (Lipinski definition) is 2. The number of carbonyl (C=O) groups excluding carboxylic acids is 2. The fraction of sp³-hybridized carbons (Fsp3) is 0.148. The summed E-state index contributed by atoms with van der Waals surface area (Å²) in [5.41, 5.74) is 6.80. The van der Waals surface area contributed by atoms with Crippen LogP contribution in [0.5, 0.6) is 0 Å². The molecule has 0 aliphatic rings. The molecule has 5 rings (SSSR count). The van der Waals surface area contributed by atoms with Gasteiger partial charge in [-0.15, -0.1) is 5.10 Å². The highest BCUT2D eigenvalue weighted by atomic mass is 16.2. The number of benzene rings is 2. The number of fused-ring (bicyclic) bond motifs is 1. The zero-order valence-electron chi connectivity index (χ0n) is 21.7. The van der Waals surface area contributed by atoms with E-state index in [0.29, 0.717) is 40.2 Å². The topological polar surface area (TPSA) is 176 Å². The highest BCUT2D eigenvalue weighted by molar-refractivity contribution is 6.11. The molecule has 13 nitrogen and oxygen atoms in total. The monoisotopic (exact) mass is 537 g/mol. The van der Waals surface area contributed by atoms with Crippen molar-refractivity contribution < 1.29 is 9.59 Å². The van der Waals surface area contributed by atoms with E-state index < -0.39 is 17.5 Å². The molecule has 0 atom stereocenters. The largest absolute Gasteiger partial charge is 0.366 e. The molecule has 0 radical (unpaired) electrons. The number of pyridine rings is 1. The standard InChI is InChI=1S/C27H23N9O4/c1-4-34-23-20(12-15(2)30-22(23)25(38)31-17-7-5-6-16(13-17)24(29)37)26(39)36(34)19-10-8-18(9-11-19)35-21(14-28)32-33(3)27(35)40/h5-13H,4H2,1-3H3,(H2,29,37)(H,31,38). The van der Waals surface area contributed by atoms with Crippen molar-refractivity contribution in [3.63, 3.8) is 0 Å². The Bertz CT molecular complexity index is 1990. The minimum Gasteiger partial charge on any atom is -0.366 e. The van der Waals surface area contributed by atoms with Crippen molar-refractivity contribution in [1.29, 1.82) is 5.26 Å². The molecule has 13 heteroatoms. The van der Waals surface area contributed by atoms with Crippen LogP contribution in [0.2, 0.25) is 0 Å². The Morgan fingerprint density at radius 2 is 1.77 bits per heavy atom. The number of rotatable bonds is 6. The highest BCUT2D eigenvalue weighted by Crippen LogP contribution is 2.22. The predicted molar refractivity (Wildman–Crippen MR) is 146 cm³/mol. The second-order valence-electron chi connectivity index (χ2n) is 8.93. The van der Waals surface area contributed by atoms with Gasteiger partial charge in [0.1, 0.15) is 11.6 Å². The lowest BCUT2D eigenvalue weighted by Crippen LogP contribution is -2.23. The van der Waals surface area contributed by atoms with Gasteiger partial charge in [-0.3, -0.25) is 19.1 Å². The molecule has 200 valence electrons. The summed E-state index contributed by atoms with van der Waals surface area (Å²) in [7, 11) is 1.45. The summed E-state index contributed by atoms with van der Waals surface area (Å²) in [4.78, 5) is 55.5. The Hall–Kier alpha value is -5.77. The van der Waals surface area contributed by atoms with Crippen LogP contribution in [0.15, 0.2) is 64.2 Å². The highest BCUT2D eigenvalue weighted by Gasteiger charge is 2.23. The van der Waals surface area contributed by atoms with Gasteiger partial charge < -0.3 is 11.1 Å². The van der Waals surface area contributed by atoms with Crippen LogP contribution in [-0.4, -0.2) is 40.5 Å². The van der Waals surface area contributed by atoms with Crippen molar-refractivity contribution in [2.75, 3.05) is 5.32 Å². The lowest BCUT2D eigenvalue weighted by Gasteiger charge is -2.13. The molecular weight excluding hydrogens is 514 g/mol. The van der Waals surface area contributed by atoms with E-state index >= 15 is 0 Å². The number of primary amides is 1. The van der Waals surface area contributed by atoms with Crippen molar-refractivity contribution in [2.45, 2.75) is 20.4 Å². The molecule has 3 N–H and O–H groups in total. The van der Waals surface area contributed by atoms with Gasteiger partial charge in [0, 0.05) is 30.5 Å². The van der Waals surface area contributed by atoms with Crippen LogP contribution in [0.3, 0.4) is 0 Å². The summed E-state index contributed by atoms with van der Waals surface area (Å²) >= 11 is 0. The van der Waals surface area contributed by atoms with Crippen LogP contribution < -0.4 is 22.3 Å². The zero-order chi connectivity index (χ0) is 28.7. The van der Waals surface area contributed by atoms with Gasteiger partial charge in [0.05, 0.1) is 16.8 Å². The van der Waals surface area contributed by atoms with Crippen LogP contribution in [-0.2, 0) is 13.6 Å². The van der Waals surface area contributed by atoms with Crippen LogP contribution in [0.4, 0.5) is 5.69 Å². The fourth-order valence-corrected chi connectivity index (χ4v) is 4.58. The van der Waals surface area contributed by atoms with Crippen molar-refractivity contribution in [2.24, 2.45) is 12.8 Å². The van der Waals surface area contributed by atoms with E-state index in [1.54, 1.807) is 54.1 Å². The van der Waals surface area contributed by atoms with E-state index in [4.69, 9.17) is 5.73 Å². The number of nitrogens with zero attached hydrogens (tertiary/aromatic N) is 7. The lowest BCUT2D eigenvalue weighted by molar-refractivity contribution is 0.0995. The van der Waals surface area contributed by atoms with Crippen LogP contribution in [0.1, 0.15) is 39.3 Å². The lowest BCUT2D eigenvalue weighted by atomic mass is 10.1. The summed E-state index contributed by atoms with van der Waals surface area (Å²) in [6, 6.07) is 16.2. The Morgan fingerprint density at radius 1 is 1.07 bits per heavy atom. The molecule has 3 heterocycles. The molecule has 0 unspecified atom stereocenters. The maximum atomic E-state index is 13.6. The van der Waals surface area contributed by atoms with Crippen LogP contribution in [0, 0.1) is 18.3 Å². The summed E-state index contributed by atoms with van der Waals surface area (Å²) < 4.78 is 5.31. The third kappa shape index (κ3) is 4.23. The van der Waals surface area contributed by atoms with Gasteiger partial charge in [0.15, 0.2) is 5.69 Å². The molecule has 0 spiro atoms.